The molecule has 1 heterocycles. The van der Waals surface area contributed by atoms with E-state index in [2.05, 4.69) is 11.0 Å². The quantitative estimate of drug-likeness (QED) is 0.892. The van der Waals surface area contributed by atoms with E-state index in [0.717, 1.165) is 18.5 Å². The van der Waals surface area contributed by atoms with E-state index in [0.29, 0.717) is 19.7 Å². The van der Waals surface area contributed by atoms with Crippen LogP contribution in [0.2, 0.25) is 0 Å². The number of ether oxygens (including phenoxy) is 1. The van der Waals surface area contributed by atoms with E-state index in [1.165, 1.54) is 5.56 Å². The van der Waals surface area contributed by atoms with Gasteiger partial charge in [0.25, 0.3) is 0 Å². The zero-order valence-electron chi connectivity index (χ0n) is 11.7. The molecule has 20 heavy (non-hydrogen) atoms. The molecule has 0 spiro atoms. The van der Waals surface area contributed by atoms with Crippen LogP contribution in [0.1, 0.15) is 17.2 Å². The first-order chi connectivity index (χ1) is 9.66. The summed E-state index contributed by atoms with van der Waals surface area (Å²) in [5.41, 5.74) is 2.25. The maximum atomic E-state index is 11.4. The molecule has 1 N–H and O–H groups in total. The van der Waals surface area contributed by atoms with Crippen LogP contribution in [0.4, 0.5) is 4.79 Å². The number of aliphatic hydroxyl groups is 1. The predicted octanol–water partition coefficient (Wildman–Crippen LogP) is 1.03. The van der Waals surface area contributed by atoms with E-state index in [1.54, 1.807) is 4.90 Å². The Balaban J connectivity index is 1.59. The molecule has 1 aromatic rings. The Bertz CT molecular complexity index is 506. The highest BCUT2D eigenvalue weighted by molar-refractivity contribution is 5.69. The van der Waals surface area contributed by atoms with Gasteiger partial charge in [-0.05, 0) is 24.6 Å². The fourth-order valence-electron chi connectivity index (χ4n) is 3.02. The summed E-state index contributed by atoms with van der Waals surface area (Å²) in [7, 11) is 2.00. The Labute approximate surface area is 118 Å². The van der Waals surface area contributed by atoms with E-state index < -0.39 is 6.10 Å². The van der Waals surface area contributed by atoms with E-state index in [-0.39, 0.29) is 12.1 Å². The third-order valence-electron chi connectivity index (χ3n) is 4.30. The van der Waals surface area contributed by atoms with E-state index >= 15 is 0 Å². The van der Waals surface area contributed by atoms with Gasteiger partial charge >= 0.3 is 6.09 Å². The van der Waals surface area contributed by atoms with Crippen molar-refractivity contribution >= 4 is 6.09 Å². The van der Waals surface area contributed by atoms with E-state index in [4.69, 9.17) is 4.74 Å². The molecule has 1 amide bonds. The van der Waals surface area contributed by atoms with Crippen LogP contribution in [0.3, 0.4) is 0 Å². The minimum absolute atomic E-state index is 0.0889. The van der Waals surface area contributed by atoms with Crippen LogP contribution in [0.25, 0.3) is 0 Å². The van der Waals surface area contributed by atoms with Gasteiger partial charge in [0.2, 0.25) is 0 Å². The van der Waals surface area contributed by atoms with Crippen molar-refractivity contribution in [3.8, 4) is 0 Å². The minimum atomic E-state index is -0.443. The van der Waals surface area contributed by atoms with Crippen LogP contribution >= 0.6 is 0 Å². The molecular formula is C15H20N2O3. The average Bonchev–Trinajstić information content (AvgIpc) is 3.01. The van der Waals surface area contributed by atoms with Crippen LogP contribution in [0.15, 0.2) is 24.3 Å². The number of hydrogen-bond acceptors (Lipinski definition) is 4. The number of nitrogens with zero attached hydrogens (tertiary/aromatic N) is 2. The molecule has 1 aliphatic carbocycles. The second kappa shape index (κ2) is 5.42. The SMILES string of the molecule is CN(CCN1CCOC1=O)[C@@H]1Cc2ccccc2[C@@H]1O. The van der Waals surface area contributed by atoms with Gasteiger partial charge in [0, 0.05) is 19.1 Å². The summed E-state index contributed by atoms with van der Waals surface area (Å²) >= 11 is 0. The van der Waals surface area contributed by atoms with Crippen molar-refractivity contribution in [2.24, 2.45) is 0 Å². The largest absolute Gasteiger partial charge is 0.448 e. The van der Waals surface area contributed by atoms with Crippen LogP contribution < -0.4 is 0 Å². The van der Waals surface area contributed by atoms with Gasteiger partial charge in [-0.2, -0.15) is 0 Å². The lowest BCUT2D eigenvalue weighted by Crippen LogP contribution is -2.41. The molecule has 1 saturated heterocycles. The summed E-state index contributed by atoms with van der Waals surface area (Å²) in [6.07, 6.45) is 0.188. The maximum absolute atomic E-state index is 11.4. The molecule has 2 aliphatic rings. The van der Waals surface area contributed by atoms with Crippen molar-refractivity contribution in [3.63, 3.8) is 0 Å². The number of benzene rings is 1. The van der Waals surface area contributed by atoms with E-state index in [9.17, 15) is 9.90 Å². The minimum Gasteiger partial charge on any atom is -0.448 e. The summed E-state index contributed by atoms with van der Waals surface area (Å²) in [6, 6.07) is 8.13. The molecule has 2 atom stereocenters. The molecule has 0 aromatic heterocycles. The fourth-order valence-corrected chi connectivity index (χ4v) is 3.02. The Morgan fingerprint density at radius 3 is 2.95 bits per heavy atom. The number of likely N-dealkylation sites (N-methyl/N-ethyl adjacent to an activating group) is 1. The van der Waals surface area contributed by atoms with Gasteiger partial charge in [0.1, 0.15) is 6.61 Å². The molecule has 0 unspecified atom stereocenters. The molecule has 5 nitrogen and oxygen atoms in total. The van der Waals surface area contributed by atoms with Gasteiger partial charge in [-0.3, -0.25) is 4.90 Å². The van der Waals surface area contributed by atoms with Crippen LogP contribution in [0.5, 0.6) is 0 Å². The van der Waals surface area contributed by atoms with Crippen molar-refractivity contribution in [2.75, 3.05) is 33.3 Å². The lowest BCUT2D eigenvalue weighted by Gasteiger charge is -2.28. The van der Waals surface area contributed by atoms with Crippen LogP contribution in [-0.2, 0) is 11.2 Å². The second-order valence-corrected chi connectivity index (χ2v) is 5.50. The van der Waals surface area contributed by atoms with Crippen molar-refractivity contribution in [1.82, 2.24) is 9.80 Å². The first-order valence-corrected chi connectivity index (χ1v) is 7.04. The number of hydrogen-bond donors (Lipinski definition) is 1. The highest BCUT2D eigenvalue weighted by Gasteiger charge is 2.33. The predicted molar refractivity (Wildman–Crippen MR) is 74.4 cm³/mol. The molecule has 0 radical (unpaired) electrons. The first-order valence-electron chi connectivity index (χ1n) is 7.04. The van der Waals surface area contributed by atoms with Gasteiger partial charge in [-0.1, -0.05) is 24.3 Å². The Hall–Kier alpha value is -1.59. The van der Waals surface area contributed by atoms with Gasteiger partial charge < -0.3 is 14.7 Å². The number of cyclic esters (lactones) is 1. The lowest BCUT2D eigenvalue weighted by atomic mass is 10.1. The normalized spacial score (nSPS) is 25.1. The Morgan fingerprint density at radius 1 is 1.45 bits per heavy atom. The summed E-state index contributed by atoms with van der Waals surface area (Å²) in [6.45, 7) is 2.54. The topological polar surface area (TPSA) is 53.0 Å². The van der Waals surface area contributed by atoms with Gasteiger partial charge in [0.15, 0.2) is 0 Å². The van der Waals surface area contributed by atoms with Crippen LogP contribution in [-0.4, -0.2) is 60.3 Å². The fraction of sp³-hybridized carbons (Fsp3) is 0.533. The van der Waals surface area contributed by atoms with Crippen molar-refractivity contribution < 1.29 is 14.6 Å². The van der Waals surface area contributed by atoms with Gasteiger partial charge in [-0.25, -0.2) is 4.79 Å². The molecule has 1 aromatic carbocycles. The number of fused-ring (bicyclic) bond motifs is 1. The van der Waals surface area contributed by atoms with Gasteiger partial charge in [-0.15, -0.1) is 0 Å². The standard InChI is InChI=1S/C15H20N2O3/c1-16(6-7-17-8-9-20-15(17)19)13-10-11-4-2-3-5-12(11)14(13)18/h2-5,13-14,18H,6-10H2,1H3/t13-,14+/m1/s1. The highest BCUT2D eigenvalue weighted by atomic mass is 16.6. The molecule has 1 aliphatic heterocycles. The molecule has 5 heteroatoms. The Morgan fingerprint density at radius 2 is 2.25 bits per heavy atom. The summed E-state index contributed by atoms with van der Waals surface area (Å²) in [5, 5.41) is 10.4. The number of aliphatic hydroxyl groups excluding tert-OH is 1. The summed E-state index contributed by atoms with van der Waals surface area (Å²) in [5.74, 6) is 0. The zero-order chi connectivity index (χ0) is 14.1. The third kappa shape index (κ3) is 2.39. The smallest absolute Gasteiger partial charge is 0.409 e. The van der Waals surface area contributed by atoms with Crippen LogP contribution in [0, 0.1) is 0 Å². The lowest BCUT2D eigenvalue weighted by molar-refractivity contribution is 0.0720. The van der Waals surface area contributed by atoms with Crippen molar-refractivity contribution in [2.45, 2.75) is 18.6 Å². The van der Waals surface area contributed by atoms with Crippen molar-refractivity contribution in [3.05, 3.63) is 35.4 Å². The number of carbonyl (C=O) groups excluding carboxylic acids is 1. The number of carbonyl (C=O) groups is 1. The molecule has 1 fully saturated rings. The molecule has 0 bridgehead atoms. The Kier molecular flexibility index (Phi) is 3.63. The first kappa shape index (κ1) is 13.4. The van der Waals surface area contributed by atoms with Crippen molar-refractivity contribution in [1.29, 1.82) is 0 Å². The summed E-state index contributed by atoms with van der Waals surface area (Å²) < 4.78 is 4.91. The number of amides is 1. The molecule has 3 rings (SSSR count). The summed E-state index contributed by atoms with van der Waals surface area (Å²) in [4.78, 5) is 15.2. The molecular weight excluding hydrogens is 256 g/mol. The molecule has 0 saturated carbocycles. The monoisotopic (exact) mass is 276 g/mol. The molecule has 108 valence electrons. The average molecular weight is 276 g/mol. The highest BCUT2D eigenvalue weighted by Crippen LogP contribution is 2.33. The van der Waals surface area contributed by atoms with Gasteiger partial charge in [0.05, 0.1) is 12.6 Å². The van der Waals surface area contributed by atoms with E-state index in [1.807, 2.05) is 25.2 Å². The maximum Gasteiger partial charge on any atom is 0.409 e. The number of rotatable bonds is 4. The third-order valence-corrected chi connectivity index (χ3v) is 4.30. The zero-order valence-corrected chi connectivity index (χ0v) is 11.7. The second-order valence-electron chi connectivity index (χ2n) is 5.50.